The highest BCUT2D eigenvalue weighted by molar-refractivity contribution is 7.89. The Kier molecular flexibility index (Phi) is 11.7. The average Bonchev–Trinajstić information content (AvgIpc) is 3.43. The molecule has 4 rings (SSSR count). The number of anilines is 2. The third kappa shape index (κ3) is 9.88. The van der Waals surface area contributed by atoms with Gasteiger partial charge in [0.2, 0.25) is 15.9 Å². The van der Waals surface area contributed by atoms with E-state index < -0.39 is 53.3 Å². The first kappa shape index (κ1) is 35.1. The van der Waals surface area contributed by atoms with Gasteiger partial charge in [0.05, 0.1) is 23.6 Å². The second-order valence-corrected chi connectivity index (χ2v) is 13.0. The average molecular weight is 669 g/mol. The number of nitrogen functional groups attached to an aromatic ring is 1. The number of ether oxygens (including phenoxy) is 2. The van der Waals surface area contributed by atoms with Gasteiger partial charge < -0.3 is 35.8 Å². The molecule has 14 nitrogen and oxygen atoms in total. The number of pyridine rings is 1. The van der Waals surface area contributed by atoms with Crippen LogP contribution >= 0.6 is 0 Å². The number of amides is 2. The highest BCUT2D eigenvalue weighted by Crippen LogP contribution is 2.24. The van der Waals surface area contributed by atoms with Gasteiger partial charge in [-0.15, -0.1) is 0 Å². The predicted molar refractivity (Wildman–Crippen MR) is 174 cm³/mol. The molecule has 3 unspecified atom stereocenters. The van der Waals surface area contributed by atoms with Crippen LogP contribution < -0.4 is 21.1 Å². The molecule has 252 valence electrons. The number of carbonyl (C=O) groups is 3. The Hall–Kier alpha value is -4.73. The smallest absolute Gasteiger partial charge is 0.410 e. The summed E-state index contributed by atoms with van der Waals surface area (Å²) in [7, 11) is -4.21. The van der Waals surface area contributed by atoms with Crippen LogP contribution in [0.1, 0.15) is 28.7 Å². The minimum Gasteiger partial charge on any atom is -0.480 e. The van der Waals surface area contributed by atoms with Crippen LogP contribution in [0.25, 0.3) is 0 Å². The summed E-state index contributed by atoms with van der Waals surface area (Å²) in [6, 6.07) is 15.8. The fourth-order valence-electron chi connectivity index (χ4n) is 5.46. The fraction of sp³-hybridized carbons (Fsp3) is 0.375. The van der Waals surface area contributed by atoms with Gasteiger partial charge in [0.1, 0.15) is 30.9 Å². The maximum atomic E-state index is 13.1. The molecule has 0 bridgehead atoms. The summed E-state index contributed by atoms with van der Waals surface area (Å²) in [6.45, 7) is 4.68. The molecule has 1 aromatic heterocycles. The highest BCUT2D eigenvalue weighted by Gasteiger charge is 2.37. The van der Waals surface area contributed by atoms with Crippen molar-refractivity contribution in [2.24, 2.45) is 0 Å². The number of nitrogens with two attached hydrogens (primary N) is 1. The van der Waals surface area contributed by atoms with E-state index in [0.29, 0.717) is 35.7 Å². The second-order valence-electron chi connectivity index (χ2n) is 11.4. The van der Waals surface area contributed by atoms with Crippen LogP contribution in [-0.2, 0) is 35.7 Å². The summed E-state index contributed by atoms with van der Waals surface area (Å²) < 4.78 is 39.7. The van der Waals surface area contributed by atoms with Gasteiger partial charge in [-0.2, -0.15) is 4.72 Å². The Morgan fingerprint density at radius 1 is 1.06 bits per heavy atom. The number of aryl methyl sites for hydroxylation is 3. The van der Waals surface area contributed by atoms with E-state index in [-0.39, 0.29) is 24.1 Å². The van der Waals surface area contributed by atoms with Crippen LogP contribution in [-0.4, -0.2) is 85.8 Å². The first-order valence-corrected chi connectivity index (χ1v) is 16.5. The van der Waals surface area contributed by atoms with Gasteiger partial charge in [-0.3, -0.25) is 9.59 Å². The van der Waals surface area contributed by atoms with Crippen molar-refractivity contribution in [1.82, 2.24) is 19.9 Å². The van der Waals surface area contributed by atoms with Crippen molar-refractivity contribution in [3.05, 3.63) is 82.9 Å². The van der Waals surface area contributed by atoms with Crippen LogP contribution in [0.3, 0.4) is 0 Å². The van der Waals surface area contributed by atoms with Crippen LogP contribution in [0.2, 0.25) is 0 Å². The summed E-state index contributed by atoms with van der Waals surface area (Å²) in [5, 5.41) is 15.3. The van der Waals surface area contributed by atoms with Gasteiger partial charge in [-0.05, 0) is 56.0 Å². The highest BCUT2D eigenvalue weighted by atomic mass is 32.2. The van der Waals surface area contributed by atoms with Crippen LogP contribution in [0.15, 0.2) is 65.6 Å². The minimum absolute atomic E-state index is 0.00681. The molecule has 3 atom stereocenters. The number of sulfonamides is 1. The summed E-state index contributed by atoms with van der Waals surface area (Å²) in [6.07, 6.45) is -0.713. The maximum Gasteiger partial charge on any atom is 0.410 e. The first-order valence-electron chi connectivity index (χ1n) is 15.0. The molecule has 2 heterocycles. The number of aromatic nitrogens is 1. The van der Waals surface area contributed by atoms with Crippen molar-refractivity contribution in [1.29, 1.82) is 0 Å². The lowest BCUT2D eigenvalue weighted by Crippen LogP contribution is -2.49. The zero-order valence-corrected chi connectivity index (χ0v) is 27.2. The van der Waals surface area contributed by atoms with E-state index in [1.54, 1.807) is 44.2 Å². The monoisotopic (exact) mass is 668 g/mol. The molecule has 0 aliphatic carbocycles. The summed E-state index contributed by atoms with van der Waals surface area (Å²) in [4.78, 5) is 43.4. The van der Waals surface area contributed by atoms with Crippen molar-refractivity contribution in [3.8, 4) is 0 Å². The predicted octanol–water partition coefficient (Wildman–Crippen LogP) is 2.35. The molecule has 0 saturated carbocycles. The van der Waals surface area contributed by atoms with E-state index in [4.69, 9.17) is 15.2 Å². The molecule has 0 spiro atoms. The van der Waals surface area contributed by atoms with Crippen LogP contribution in [0, 0.1) is 20.8 Å². The fourth-order valence-corrected chi connectivity index (χ4v) is 7.10. The van der Waals surface area contributed by atoms with E-state index in [2.05, 4.69) is 20.3 Å². The van der Waals surface area contributed by atoms with Crippen molar-refractivity contribution in [2.75, 3.05) is 37.3 Å². The lowest BCUT2D eigenvalue weighted by molar-refractivity contribution is -0.139. The molecule has 2 aromatic carbocycles. The maximum absolute atomic E-state index is 13.1. The molecule has 1 aliphatic rings. The zero-order valence-electron chi connectivity index (χ0n) is 26.4. The van der Waals surface area contributed by atoms with Crippen molar-refractivity contribution >= 4 is 39.6 Å². The number of rotatable bonds is 14. The van der Waals surface area contributed by atoms with E-state index in [1.807, 2.05) is 37.3 Å². The van der Waals surface area contributed by atoms with Crippen LogP contribution in [0.4, 0.5) is 16.4 Å². The number of benzene rings is 2. The largest absolute Gasteiger partial charge is 0.480 e. The number of hydrogen-bond donors (Lipinski definition) is 5. The van der Waals surface area contributed by atoms with Gasteiger partial charge in [0.25, 0.3) is 0 Å². The Morgan fingerprint density at radius 3 is 2.43 bits per heavy atom. The quantitative estimate of drug-likeness (QED) is 0.169. The topological polar surface area (TPSA) is 202 Å². The molecule has 6 N–H and O–H groups in total. The van der Waals surface area contributed by atoms with Crippen molar-refractivity contribution < 1.29 is 37.4 Å². The summed E-state index contributed by atoms with van der Waals surface area (Å²) in [5.41, 5.74) is 8.43. The third-order valence-corrected chi connectivity index (χ3v) is 9.30. The standard InChI is InChI=1S/C32H40N6O8S/c1-20-12-21(2)30(22(3)13-20)47(43,44)37-26(31(40)41)16-35-29(39)19-45-25-14-24(15-34-28-11-7-10-27(33)36-28)38(17-25)32(42)46-18-23-8-5-4-6-9-23/h4-13,24-26,37H,14-19H2,1-3H3,(H,35,39)(H,40,41)(H3,33,34,36). The van der Waals surface area contributed by atoms with Gasteiger partial charge in [0, 0.05) is 13.1 Å². The molecule has 2 amide bonds. The first-order chi connectivity index (χ1) is 22.3. The molecular formula is C32H40N6O8S. The molecule has 1 saturated heterocycles. The zero-order chi connectivity index (χ0) is 34.1. The van der Waals surface area contributed by atoms with Gasteiger partial charge in [-0.25, -0.2) is 18.2 Å². The Bertz CT molecular complexity index is 1660. The second kappa shape index (κ2) is 15.7. The van der Waals surface area contributed by atoms with E-state index in [0.717, 1.165) is 11.1 Å². The Labute approximate surface area is 273 Å². The molecule has 3 aromatic rings. The number of nitrogens with one attached hydrogen (secondary N) is 3. The Morgan fingerprint density at radius 2 is 1.77 bits per heavy atom. The summed E-state index contributed by atoms with van der Waals surface area (Å²) >= 11 is 0. The van der Waals surface area contributed by atoms with Crippen molar-refractivity contribution in [2.45, 2.75) is 56.9 Å². The lowest BCUT2D eigenvalue weighted by Gasteiger charge is -2.24. The van der Waals surface area contributed by atoms with Crippen LogP contribution in [0.5, 0.6) is 0 Å². The number of aliphatic carboxylic acids is 1. The number of carboxylic acids is 1. The number of hydrogen-bond acceptors (Lipinski definition) is 10. The molecule has 1 aliphatic heterocycles. The van der Waals surface area contributed by atoms with E-state index >= 15 is 0 Å². The number of carboxylic acid groups (broad SMARTS) is 1. The third-order valence-electron chi connectivity index (χ3n) is 7.53. The van der Waals surface area contributed by atoms with E-state index in [1.165, 1.54) is 4.90 Å². The normalized spacial score (nSPS) is 16.8. The minimum atomic E-state index is -4.21. The lowest BCUT2D eigenvalue weighted by atomic mass is 10.1. The molecule has 15 heteroatoms. The molecular weight excluding hydrogens is 628 g/mol. The number of nitrogens with zero attached hydrogens (tertiary/aromatic N) is 2. The van der Waals surface area contributed by atoms with Crippen molar-refractivity contribution in [3.63, 3.8) is 0 Å². The number of carbonyl (C=O) groups excluding carboxylic acids is 2. The van der Waals surface area contributed by atoms with E-state index in [9.17, 15) is 27.9 Å². The molecule has 0 radical (unpaired) electrons. The summed E-state index contributed by atoms with van der Waals surface area (Å²) in [5.74, 6) is -1.24. The van der Waals surface area contributed by atoms with Gasteiger partial charge in [0.15, 0.2) is 0 Å². The SMILES string of the molecule is Cc1cc(C)c(S(=O)(=O)NC(CNC(=O)COC2CC(CNc3cccc(N)n3)N(C(=O)OCc3ccccc3)C2)C(=O)O)c(C)c1. The Balaban J connectivity index is 1.33. The van der Waals surface area contributed by atoms with Gasteiger partial charge >= 0.3 is 12.1 Å². The van der Waals surface area contributed by atoms with Gasteiger partial charge in [-0.1, -0.05) is 54.1 Å². The molecule has 47 heavy (non-hydrogen) atoms. The molecule has 1 fully saturated rings. The number of likely N-dealkylation sites (tertiary alicyclic amines) is 1.